The Labute approximate surface area is 150 Å². The SMILES string of the molecule is CCN(CC)c1ccc(NC(=O)CN2c3ccccc3CC2C)cc1. The molecule has 0 saturated carbocycles. The van der Waals surface area contributed by atoms with Crippen LogP contribution in [0.4, 0.5) is 17.1 Å². The van der Waals surface area contributed by atoms with Crippen molar-refractivity contribution in [1.82, 2.24) is 0 Å². The quantitative estimate of drug-likeness (QED) is 0.868. The molecule has 0 aliphatic carbocycles. The summed E-state index contributed by atoms with van der Waals surface area (Å²) in [6.45, 7) is 8.81. The number of nitrogens with zero attached hydrogens (tertiary/aromatic N) is 2. The van der Waals surface area contributed by atoms with Gasteiger partial charge in [0.2, 0.25) is 5.91 Å². The summed E-state index contributed by atoms with van der Waals surface area (Å²) in [6, 6.07) is 16.8. The van der Waals surface area contributed by atoms with Crippen molar-refractivity contribution in [2.75, 3.05) is 34.8 Å². The molecule has 0 spiro atoms. The van der Waals surface area contributed by atoms with Gasteiger partial charge in [-0.25, -0.2) is 0 Å². The second kappa shape index (κ2) is 7.60. The lowest BCUT2D eigenvalue weighted by atomic mass is 10.1. The molecule has 2 aromatic carbocycles. The van der Waals surface area contributed by atoms with Crippen LogP contribution in [0.1, 0.15) is 26.3 Å². The first kappa shape index (κ1) is 17.3. The van der Waals surface area contributed by atoms with Crippen LogP contribution in [0.2, 0.25) is 0 Å². The molecular formula is C21H27N3O. The Hall–Kier alpha value is -2.49. The number of nitrogens with one attached hydrogen (secondary N) is 1. The van der Waals surface area contributed by atoms with Crippen LogP contribution in [0.5, 0.6) is 0 Å². The maximum atomic E-state index is 12.5. The minimum atomic E-state index is 0.0270. The number of amides is 1. The van der Waals surface area contributed by atoms with E-state index in [1.807, 2.05) is 18.2 Å². The minimum Gasteiger partial charge on any atom is -0.372 e. The number of hydrogen-bond acceptors (Lipinski definition) is 3. The highest BCUT2D eigenvalue weighted by Crippen LogP contribution is 2.31. The number of carbonyl (C=O) groups excluding carboxylic acids is 1. The van der Waals surface area contributed by atoms with E-state index in [4.69, 9.17) is 0 Å². The Kier molecular flexibility index (Phi) is 5.27. The van der Waals surface area contributed by atoms with Gasteiger partial charge in [0, 0.05) is 36.2 Å². The largest absolute Gasteiger partial charge is 0.372 e. The predicted molar refractivity (Wildman–Crippen MR) is 106 cm³/mol. The van der Waals surface area contributed by atoms with Gasteiger partial charge in [0.1, 0.15) is 0 Å². The molecule has 132 valence electrons. The van der Waals surface area contributed by atoms with Gasteiger partial charge < -0.3 is 15.1 Å². The topological polar surface area (TPSA) is 35.6 Å². The molecule has 0 fully saturated rings. The lowest BCUT2D eigenvalue weighted by molar-refractivity contribution is -0.115. The Morgan fingerprint density at radius 3 is 2.48 bits per heavy atom. The van der Waals surface area contributed by atoms with Gasteiger partial charge in [-0.1, -0.05) is 18.2 Å². The van der Waals surface area contributed by atoms with Crippen molar-refractivity contribution in [2.24, 2.45) is 0 Å². The first-order chi connectivity index (χ1) is 12.1. The Morgan fingerprint density at radius 2 is 1.80 bits per heavy atom. The van der Waals surface area contributed by atoms with Gasteiger partial charge in [-0.2, -0.15) is 0 Å². The molecule has 1 unspecified atom stereocenters. The third-order valence-electron chi connectivity index (χ3n) is 4.94. The van der Waals surface area contributed by atoms with Gasteiger partial charge in [0.05, 0.1) is 6.54 Å². The van der Waals surface area contributed by atoms with E-state index in [-0.39, 0.29) is 5.91 Å². The number of hydrogen-bond donors (Lipinski definition) is 1. The summed E-state index contributed by atoms with van der Waals surface area (Å²) >= 11 is 0. The van der Waals surface area contributed by atoms with Crippen LogP contribution < -0.4 is 15.1 Å². The second-order valence-corrected chi connectivity index (χ2v) is 6.58. The number of para-hydroxylation sites is 1. The van der Waals surface area contributed by atoms with Crippen LogP contribution >= 0.6 is 0 Å². The van der Waals surface area contributed by atoms with Gasteiger partial charge in [-0.15, -0.1) is 0 Å². The molecule has 3 rings (SSSR count). The summed E-state index contributed by atoms with van der Waals surface area (Å²) in [5.41, 5.74) is 4.54. The molecule has 1 aliphatic rings. The van der Waals surface area contributed by atoms with Crippen LogP contribution in [0.3, 0.4) is 0 Å². The van der Waals surface area contributed by atoms with E-state index in [2.05, 4.69) is 66.2 Å². The number of rotatable bonds is 6. The number of fused-ring (bicyclic) bond motifs is 1. The highest BCUT2D eigenvalue weighted by molar-refractivity contribution is 5.94. The van der Waals surface area contributed by atoms with Crippen molar-refractivity contribution in [3.05, 3.63) is 54.1 Å². The average molecular weight is 337 g/mol. The van der Waals surface area contributed by atoms with Crippen LogP contribution in [-0.2, 0) is 11.2 Å². The fraction of sp³-hybridized carbons (Fsp3) is 0.381. The Morgan fingerprint density at radius 1 is 1.12 bits per heavy atom. The molecule has 0 saturated heterocycles. The van der Waals surface area contributed by atoms with Crippen molar-refractivity contribution in [3.63, 3.8) is 0 Å². The van der Waals surface area contributed by atoms with Crippen LogP contribution in [0.25, 0.3) is 0 Å². The molecule has 4 heteroatoms. The van der Waals surface area contributed by atoms with Gasteiger partial charge in [0.25, 0.3) is 0 Å². The normalized spacial score (nSPS) is 15.8. The third kappa shape index (κ3) is 3.78. The minimum absolute atomic E-state index is 0.0270. The molecule has 4 nitrogen and oxygen atoms in total. The van der Waals surface area contributed by atoms with Crippen molar-refractivity contribution < 1.29 is 4.79 Å². The fourth-order valence-corrected chi connectivity index (χ4v) is 3.57. The van der Waals surface area contributed by atoms with Gasteiger partial charge in [-0.3, -0.25) is 4.79 Å². The number of carbonyl (C=O) groups is 1. The molecule has 1 atom stereocenters. The van der Waals surface area contributed by atoms with E-state index >= 15 is 0 Å². The molecule has 0 radical (unpaired) electrons. The lowest BCUT2D eigenvalue weighted by Gasteiger charge is -2.24. The number of benzene rings is 2. The highest BCUT2D eigenvalue weighted by atomic mass is 16.2. The first-order valence-corrected chi connectivity index (χ1v) is 9.11. The maximum Gasteiger partial charge on any atom is 0.243 e. The molecule has 0 aromatic heterocycles. The summed E-state index contributed by atoms with van der Waals surface area (Å²) in [5.74, 6) is 0.0270. The monoisotopic (exact) mass is 337 g/mol. The third-order valence-corrected chi connectivity index (χ3v) is 4.94. The van der Waals surface area contributed by atoms with Gasteiger partial charge in [-0.05, 0) is 63.1 Å². The smallest absolute Gasteiger partial charge is 0.243 e. The van der Waals surface area contributed by atoms with Gasteiger partial charge >= 0.3 is 0 Å². The van der Waals surface area contributed by atoms with E-state index in [0.717, 1.165) is 25.2 Å². The fourth-order valence-electron chi connectivity index (χ4n) is 3.57. The Balaban J connectivity index is 1.63. The summed E-state index contributed by atoms with van der Waals surface area (Å²) in [5, 5.41) is 3.02. The maximum absolute atomic E-state index is 12.5. The average Bonchev–Trinajstić information content (AvgIpc) is 2.93. The van der Waals surface area contributed by atoms with Crippen molar-refractivity contribution in [3.8, 4) is 0 Å². The summed E-state index contributed by atoms with van der Waals surface area (Å²) in [7, 11) is 0. The van der Waals surface area contributed by atoms with Gasteiger partial charge in [0.15, 0.2) is 0 Å². The van der Waals surface area contributed by atoms with E-state index in [0.29, 0.717) is 12.6 Å². The summed E-state index contributed by atoms with van der Waals surface area (Å²) in [6.07, 6.45) is 1.00. The van der Waals surface area contributed by atoms with Crippen LogP contribution in [0.15, 0.2) is 48.5 Å². The van der Waals surface area contributed by atoms with E-state index in [1.54, 1.807) is 0 Å². The van der Waals surface area contributed by atoms with E-state index < -0.39 is 0 Å². The Bertz CT molecular complexity index is 722. The second-order valence-electron chi connectivity index (χ2n) is 6.58. The molecular weight excluding hydrogens is 310 g/mol. The molecule has 25 heavy (non-hydrogen) atoms. The van der Waals surface area contributed by atoms with E-state index in [1.165, 1.54) is 16.9 Å². The summed E-state index contributed by atoms with van der Waals surface area (Å²) in [4.78, 5) is 17.0. The number of anilines is 3. The molecule has 1 amide bonds. The molecule has 1 N–H and O–H groups in total. The zero-order chi connectivity index (χ0) is 17.8. The molecule has 1 heterocycles. The predicted octanol–water partition coefficient (Wildman–Crippen LogP) is 3.92. The highest BCUT2D eigenvalue weighted by Gasteiger charge is 2.26. The standard InChI is InChI=1S/C21H27N3O/c1-4-23(5-2)19-12-10-18(11-13-19)22-21(25)15-24-16(3)14-17-8-6-7-9-20(17)24/h6-13,16H,4-5,14-15H2,1-3H3,(H,22,25). The van der Waals surface area contributed by atoms with E-state index in [9.17, 15) is 4.79 Å². The summed E-state index contributed by atoms with van der Waals surface area (Å²) < 4.78 is 0. The van der Waals surface area contributed by atoms with Crippen LogP contribution in [-0.4, -0.2) is 31.6 Å². The first-order valence-electron chi connectivity index (χ1n) is 9.11. The molecule has 1 aliphatic heterocycles. The van der Waals surface area contributed by atoms with Crippen molar-refractivity contribution >= 4 is 23.0 Å². The zero-order valence-corrected chi connectivity index (χ0v) is 15.3. The lowest BCUT2D eigenvalue weighted by Crippen LogP contribution is -2.37. The molecule has 2 aromatic rings. The van der Waals surface area contributed by atoms with Crippen molar-refractivity contribution in [2.45, 2.75) is 33.2 Å². The van der Waals surface area contributed by atoms with Crippen LogP contribution in [0, 0.1) is 0 Å². The zero-order valence-electron chi connectivity index (χ0n) is 15.3. The molecule has 0 bridgehead atoms. The van der Waals surface area contributed by atoms with Crippen molar-refractivity contribution in [1.29, 1.82) is 0 Å².